The van der Waals surface area contributed by atoms with Gasteiger partial charge in [0.15, 0.2) is 0 Å². The van der Waals surface area contributed by atoms with Gasteiger partial charge in [0.1, 0.15) is 0 Å². The Hall–Kier alpha value is -0.0500. The molecule has 1 aliphatic carbocycles. The van der Waals surface area contributed by atoms with Gasteiger partial charge in [-0.15, -0.1) is 0 Å². The van der Waals surface area contributed by atoms with E-state index in [1.54, 1.807) is 0 Å². The van der Waals surface area contributed by atoms with Gasteiger partial charge >= 0.3 is 5.97 Å². The van der Waals surface area contributed by atoms with Gasteiger partial charge in [0.05, 0.1) is 5.41 Å². The van der Waals surface area contributed by atoms with Gasteiger partial charge in [-0.2, -0.15) is 0 Å². The Labute approximate surface area is 113 Å². The van der Waals surface area contributed by atoms with Crippen molar-refractivity contribution in [2.45, 2.75) is 64.7 Å². The second kappa shape index (κ2) is 7.40. The van der Waals surface area contributed by atoms with Gasteiger partial charge in [-0.05, 0) is 38.0 Å². The van der Waals surface area contributed by atoms with Gasteiger partial charge in [-0.25, -0.2) is 0 Å². The molecular formula is C14H25BrO2. The number of unbranched alkanes of at least 4 members (excludes halogenated alkanes) is 1. The van der Waals surface area contributed by atoms with Crippen LogP contribution in [0.1, 0.15) is 64.7 Å². The minimum Gasteiger partial charge on any atom is -0.481 e. The first kappa shape index (κ1) is 15.0. The molecule has 3 heteroatoms. The zero-order chi connectivity index (χ0) is 12.7. The number of hydrogen-bond donors (Lipinski definition) is 1. The number of carboxylic acid groups (broad SMARTS) is 1. The van der Waals surface area contributed by atoms with Crippen molar-refractivity contribution in [2.24, 2.45) is 11.3 Å². The Morgan fingerprint density at radius 1 is 1.29 bits per heavy atom. The molecule has 0 aliphatic heterocycles. The second-order valence-corrected chi connectivity index (χ2v) is 6.13. The molecule has 0 aromatic rings. The smallest absolute Gasteiger partial charge is 0.309 e. The SMILES string of the molecule is CCCC(CCCCBr)C1(C(=O)O)CCCC1. The van der Waals surface area contributed by atoms with Crippen LogP contribution >= 0.6 is 15.9 Å². The summed E-state index contributed by atoms with van der Waals surface area (Å²) >= 11 is 3.45. The molecule has 1 N–H and O–H groups in total. The van der Waals surface area contributed by atoms with Crippen LogP contribution in [0.2, 0.25) is 0 Å². The summed E-state index contributed by atoms with van der Waals surface area (Å²) < 4.78 is 0. The van der Waals surface area contributed by atoms with Crippen molar-refractivity contribution in [3.63, 3.8) is 0 Å². The average molecular weight is 305 g/mol. The van der Waals surface area contributed by atoms with E-state index >= 15 is 0 Å². The highest BCUT2D eigenvalue weighted by atomic mass is 79.9. The molecular weight excluding hydrogens is 280 g/mol. The molecule has 1 saturated carbocycles. The molecule has 0 heterocycles. The third-order valence-corrected chi connectivity index (χ3v) is 4.84. The summed E-state index contributed by atoms with van der Waals surface area (Å²) in [4.78, 5) is 11.7. The second-order valence-electron chi connectivity index (χ2n) is 5.34. The van der Waals surface area contributed by atoms with E-state index in [2.05, 4.69) is 22.9 Å². The normalized spacial score (nSPS) is 20.4. The number of carboxylic acids is 1. The fourth-order valence-electron chi connectivity index (χ4n) is 3.33. The first-order chi connectivity index (χ1) is 8.17. The zero-order valence-corrected chi connectivity index (χ0v) is 12.5. The van der Waals surface area contributed by atoms with Gasteiger partial charge < -0.3 is 5.11 Å². The fourth-order valence-corrected chi connectivity index (χ4v) is 3.73. The molecule has 17 heavy (non-hydrogen) atoms. The van der Waals surface area contributed by atoms with Crippen molar-refractivity contribution in [1.29, 1.82) is 0 Å². The Morgan fingerprint density at radius 2 is 1.94 bits per heavy atom. The van der Waals surface area contributed by atoms with Crippen LogP contribution in [0.4, 0.5) is 0 Å². The van der Waals surface area contributed by atoms with Gasteiger partial charge in [0.2, 0.25) is 0 Å². The van der Waals surface area contributed by atoms with Crippen LogP contribution in [0.5, 0.6) is 0 Å². The number of halogens is 1. The Bertz CT molecular complexity index is 234. The minimum atomic E-state index is -0.535. The van der Waals surface area contributed by atoms with Crippen LogP contribution in [0.25, 0.3) is 0 Å². The van der Waals surface area contributed by atoms with Gasteiger partial charge in [0, 0.05) is 5.33 Å². The van der Waals surface area contributed by atoms with Crippen molar-refractivity contribution in [2.75, 3.05) is 5.33 Å². The van der Waals surface area contributed by atoms with E-state index in [9.17, 15) is 9.90 Å². The lowest BCUT2D eigenvalue weighted by molar-refractivity contribution is -0.152. The first-order valence-electron chi connectivity index (χ1n) is 6.96. The first-order valence-corrected chi connectivity index (χ1v) is 8.09. The molecule has 0 bridgehead atoms. The maximum Gasteiger partial charge on any atom is 0.309 e. The maximum absolute atomic E-state index is 11.7. The molecule has 2 nitrogen and oxygen atoms in total. The quantitative estimate of drug-likeness (QED) is 0.525. The number of alkyl halides is 1. The zero-order valence-electron chi connectivity index (χ0n) is 10.9. The standard InChI is InChI=1S/C14H25BrO2/c1-2-7-12(8-3-6-11-15)14(13(16)17)9-4-5-10-14/h12H,2-11H2,1H3,(H,16,17). The largest absolute Gasteiger partial charge is 0.481 e. The Balaban J connectivity index is 2.67. The molecule has 1 atom stereocenters. The fraction of sp³-hybridized carbons (Fsp3) is 0.929. The molecule has 0 radical (unpaired) electrons. The summed E-state index contributed by atoms with van der Waals surface area (Å²) in [6, 6.07) is 0. The highest BCUT2D eigenvalue weighted by molar-refractivity contribution is 9.09. The van der Waals surface area contributed by atoms with Crippen molar-refractivity contribution in [3.05, 3.63) is 0 Å². The number of aliphatic carboxylic acids is 1. The van der Waals surface area contributed by atoms with Gasteiger partial charge in [-0.1, -0.05) is 48.5 Å². The van der Waals surface area contributed by atoms with Crippen LogP contribution in [0, 0.1) is 11.3 Å². The Kier molecular flexibility index (Phi) is 6.53. The molecule has 0 saturated heterocycles. The van der Waals surface area contributed by atoms with E-state index < -0.39 is 5.97 Å². The van der Waals surface area contributed by atoms with Crippen molar-refractivity contribution < 1.29 is 9.90 Å². The highest BCUT2D eigenvalue weighted by Crippen LogP contribution is 2.48. The third kappa shape index (κ3) is 3.70. The number of rotatable bonds is 8. The van der Waals surface area contributed by atoms with Crippen LogP contribution in [-0.2, 0) is 4.79 Å². The summed E-state index contributed by atoms with van der Waals surface area (Å²) in [5.74, 6) is -0.140. The Morgan fingerprint density at radius 3 is 2.41 bits per heavy atom. The molecule has 0 spiro atoms. The average Bonchev–Trinajstić information content (AvgIpc) is 2.78. The van der Waals surface area contributed by atoms with Crippen molar-refractivity contribution in [3.8, 4) is 0 Å². The van der Waals surface area contributed by atoms with Crippen LogP contribution in [-0.4, -0.2) is 16.4 Å². The van der Waals surface area contributed by atoms with E-state index in [-0.39, 0.29) is 5.41 Å². The van der Waals surface area contributed by atoms with E-state index in [4.69, 9.17) is 0 Å². The molecule has 1 rings (SSSR count). The summed E-state index contributed by atoms with van der Waals surface area (Å²) in [6.45, 7) is 2.17. The monoisotopic (exact) mass is 304 g/mol. The summed E-state index contributed by atoms with van der Waals surface area (Å²) in [5, 5.41) is 10.6. The lowest BCUT2D eigenvalue weighted by atomic mass is 9.70. The van der Waals surface area contributed by atoms with E-state index in [0.717, 1.165) is 63.1 Å². The highest BCUT2D eigenvalue weighted by Gasteiger charge is 2.46. The van der Waals surface area contributed by atoms with Crippen LogP contribution < -0.4 is 0 Å². The van der Waals surface area contributed by atoms with Crippen LogP contribution in [0.15, 0.2) is 0 Å². The maximum atomic E-state index is 11.7. The van der Waals surface area contributed by atoms with Crippen LogP contribution in [0.3, 0.4) is 0 Å². The molecule has 0 amide bonds. The number of hydrogen-bond acceptors (Lipinski definition) is 1. The van der Waals surface area contributed by atoms with Crippen molar-refractivity contribution in [1.82, 2.24) is 0 Å². The minimum absolute atomic E-state index is 0.387. The van der Waals surface area contributed by atoms with Gasteiger partial charge in [0.25, 0.3) is 0 Å². The van der Waals surface area contributed by atoms with Gasteiger partial charge in [-0.3, -0.25) is 4.79 Å². The van der Waals surface area contributed by atoms with E-state index in [1.165, 1.54) is 0 Å². The molecule has 1 fully saturated rings. The molecule has 1 aliphatic rings. The van der Waals surface area contributed by atoms with Crippen molar-refractivity contribution >= 4 is 21.9 Å². The topological polar surface area (TPSA) is 37.3 Å². The summed E-state index contributed by atoms with van der Waals surface area (Å²) in [6.07, 6.45) is 9.60. The molecule has 1 unspecified atom stereocenters. The molecule has 0 aromatic heterocycles. The predicted molar refractivity (Wildman–Crippen MR) is 74.6 cm³/mol. The van der Waals surface area contributed by atoms with E-state index in [1.807, 2.05) is 0 Å². The summed E-state index contributed by atoms with van der Waals surface area (Å²) in [7, 11) is 0. The number of carbonyl (C=O) groups is 1. The lowest BCUT2D eigenvalue weighted by Crippen LogP contribution is -2.36. The molecule has 0 aromatic carbocycles. The van der Waals surface area contributed by atoms with E-state index in [0.29, 0.717) is 5.92 Å². The predicted octanol–water partition coefficient (Wildman–Crippen LogP) is 4.61. The third-order valence-electron chi connectivity index (χ3n) is 4.28. The molecule has 100 valence electrons. The summed E-state index contributed by atoms with van der Waals surface area (Å²) in [5.41, 5.74) is -0.387. The lowest BCUT2D eigenvalue weighted by Gasteiger charge is -2.33.